The van der Waals surface area contributed by atoms with Crippen LogP contribution in [-0.2, 0) is 13.1 Å². The normalized spacial score (nSPS) is 11.3. The third-order valence-corrected chi connectivity index (χ3v) is 4.08. The Labute approximate surface area is 148 Å². The van der Waals surface area contributed by atoms with E-state index in [0.29, 0.717) is 30.1 Å². The molecule has 7 nitrogen and oxygen atoms in total. The number of aromatic amines is 1. The zero-order chi connectivity index (χ0) is 18.1. The van der Waals surface area contributed by atoms with Crippen molar-refractivity contribution in [3.63, 3.8) is 0 Å². The molecule has 26 heavy (non-hydrogen) atoms. The first-order valence-electron chi connectivity index (χ1n) is 8.36. The number of nitrogens with zero attached hydrogens (tertiary/aromatic N) is 5. The van der Waals surface area contributed by atoms with Gasteiger partial charge in [0.05, 0.1) is 18.3 Å². The lowest BCUT2D eigenvalue weighted by atomic mass is 10.2. The Morgan fingerprint density at radius 2 is 2.19 bits per heavy atom. The molecule has 0 amide bonds. The third kappa shape index (κ3) is 3.01. The van der Waals surface area contributed by atoms with E-state index < -0.39 is 0 Å². The highest BCUT2D eigenvalue weighted by Gasteiger charge is 2.12. The number of H-pyrrole nitrogens is 1. The molecule has 1 aromatic carbocycles. The zero-order valence-corrected chi connectivity index (χ0v) is 14.2. The van der Waals surface area contributed by atoms with Crippen molar-refractivity contribution >= 4 is 11.2 Å². The maximum absolute atomic E-state index is 13.3. The molecule has 0 atom stereocenters. The molecule has 8 heteroatoms. The summed E-state index contributed by atoms with van der Waals surface area (Å²) in [5.74, 6) is 0.255. The molecule has 3 aromatic heterocycles. The number of hydrogen-bond donors (Lipinski definition) is 1. The predicted molar refractivity (Wildman–Crippen MR) is 95.2 cm³/mol. The summed E-state index contributed by atoms with van der Waals surface area (Å²) in [6.07, 6.45) is 5.82. The molecule has 0 radical (unpaired) electrons. The molecule has 4 aromatic rings. The average Bonchev–Trinajstić information content (AvgIpc) is 3.25. The number of halogens is 1. The number of benzene rings is 1. The Morgan fingerprint density at radius 3 is 3.00 bits per heavy atom. The lowest BCUT2D eigenvalue weighted by Gasteiger charge is -2.01. The number of aryl methyl sites for hydroxylation is 1. The fraction of sp³-hybridized carbons (Fsp3) is 0.222. The molecule has 4 rings (SSSR count). The van der Waals surface area contributed by atoms with E-state index in [9.17, 15) is 9.18 Å². The van der Waals surface area contributed by atoms with Gasteiger partial charge in [-0.15, -0.1) is 0 Å². The highest BCUT2D eigenvalue weighted by molar-refractivity contribution is 5.74. The van der Waals surface area contributed by atoms with Gasteiger partial charge in [0.2, 0.25) is 0 Å². The minimum atomic E-state index is -0.276. The highest BCUT2D eigenvalue weighted by Crippen LogP contribution is 2.17. The number of fused-ring (bicyclic) bond motifs is 1. The van der Waals surface area contributed by atoms with Crippen molar-refractivity contribution in [2.24, 2.45) is 0 Å². The van der Waals surface area contributed by atoms with Crippen molar-refractivity contribution in [1.29, 1.82) is 0 Å². The first-order chi connectivity index (χ1) is 12.6. The van der Waals surface area contributed by atoms with Crippen LogP contribution in [0.3, 0.4) is 0 Å². The SMILES string of the molecule is CCCn1cnc2nc(-c3cnn(Cc4cccc(F)c4)c3)[nH]c2c1=O. The van der Waals surface area contributed by atoms with Gasteiger partial charge >= 0.3 is 0 Å². The van der Waals surface area contributed by atoms with Crippen LogP contribution in [0.15, 0.2) is 47.8 Å². The summed E-state index contributed by atoms with van der Waals surface area (Å²) >= 11 is 0. The summed E-state index contributed by atoms with van der Waals surface area (Å²) < 4.78 is 16.6. The van der Waals surface area contributed by atoms with E-state index in [1.807, 2.05) is 13.0 Å². The van der Waals surface area contributed by atoms with Crippen LogP contribution in [0, 0.1) is 5.82 Å². The number of hydrogen-bond acceptors (Lipinski definition) is 4. The molecule has 0 saturated heterocycles. The lowest BCUT2D eigenvalue weighted by molar-refractivity contribution is 0.619. The van der Waals surface area contributed by atoms with Gasteiger partial charge in [-0.05, 0) is 24.1 Å². The molecular weight excluding hydrogens is 335 g/mol. The number of aromatic nitrogens is 6. The summed E-state index contributed by atoms with van der Waals surface area (Å²) in [7, 11) is 0. The maximum Gasteiger partial charge on any atom is 0.279 e. The van der Waals surface area contributed by atoms with Crippen LogP contribution >= 0.6 is 0 Å². The summed E-state index contributed by atoms with van der Waals surface area (Å²) in [5.41, 5.74) is 2.18. The molecule has 0 aliphatic carbocycles. The van der Waals surface area contributed by atoms with Crippen molar-refractivity contribution in [2.45, 2.75) is 26.4 Å². The van der Waals surface area contributed by atoms with E-state index in [1.165, 1.54) is 18.5 Å². The Hall–Kier alpha value is -3.29. The Kier molecular flexibility index (Phi) is 4.08. The Bertz CT molecular complexity index is 1130. The molecule has 0 bridgehead atoms. The van der Waals surface area contributed by atoms with Crippen LogP contribution in [0.4, 0.5) is 4.39 Å². The van der Waals surface area contributed by atoms with Crippen LogP contribution in [0.25, 0.3) is 22.6 Å². The molecule has 0 unspecified atom stereocenters. The predicted octanol–water partition coefficient (Wildman–Crippen LogP) is 2.58. The minimum absolute atomic E-state index is 0.136. The smallest absolute Gasteiger partial charge is 0.279 e. The van der Waals surface area contributed by atoms with Gasteiger partial charge in [-0.3, -0.25) is 14.0 Å². The highest BCUT2D eigenvalue weighted by atomic mass is 19.1. The summed E-state index contributed by atoms with van der Waals surface area (Å²) in [6, 6.07) is 6.39. The monoisotopic (exact) mass is 352 g/mol. The number of nitrogens with one attached hydrogen (secondary N) is 1. The fourth-order valence-corrected chi connectivity index (χ4v) is 2.86. The van der Waals surface area contributed by atoms with Gasteiger partial charge in [-0.1, -0.05) is 19.1 Å². The van der Waals surface area contributed by atoms with Crippen LogP contribution in [-0.4, -0.2) is 29.3 Å². The third-order valence-electron chi connectivity index (χ3n) is 4.08. The van der Waals surface area contributed by atoms with E-state index in [0.717, 1.165) is 17.5 Å². The standard InChI is InChI=1S/C18H17FN6O/c1-2-6-24-11-20-17-15(18(24)26)22-16(23-17)13-8-21-25(10-13)9-12-4-3-5-14(19)7-12/h3-5,7-8,10-11H,2,6,9H2,1H3,(H,22,23). The van der Waals surface area contributed by atoms with E-state index in [1.54, 1.807) is 27.7 Å². The molecule has 132 valence electrons. The van der Waals surface area contributed by atoms with Gasteiger partial charge in [0.25, 0.3) is 5.56 Å². The second-order valence-electron chi connectivity index (χ2n) is 6.08. The quantitative estimate of drug-likeness (QED) is 0.598. The van der Waals surface area contributed by atoms with Crippen molar-refractivity contribution in [3.05, 3.63) is 64.7 Å². The Balaban J connectivity index is 1.65. The van der Waals surface area contributed by atoms with Crippen LogP contribution < -0.4 is 5.56 Å². The molecule has 0 fully saturated rings. The second-order valence-corrected chi connectivity index (χ2v) is 6.08. The zero-order valence-electron chi connectivity index (χ0n) is 14.2. The minimum Gasteiger partial charge on any atom is -0.332 e. The topological polar surface area (TPSA) is 81.4 Å². The van der Waals surface area contributed by atoms with Gasteiger partial charge in [-0.2, -0.15) is 5.10 Å². The average molecular weight is 352 g/mol. The molecular formula is C18H17FN6O. The van der Waals surface area contributed by atoms with Crippen molar-refractivity contribution in [1.82, 2.24) is 29.3 Å². The van der Waals surface area contributed by atoms with E-state index in [4.69, 9.17) is 0 Å². The number of imidazole rings is 1. The molecule has 1 N–H and O–H groups in total. The molecule has 0 saturated carbocycles. The second kappa shape index (κ2) is 6.55. The molecule has 0 spiro atoms. The van der Waals surface area contributed by atoms with Gasteiger partial charge < -0.3 is 4.98 Å². The Morgan fingerprint density at radius 1 is 1.31 bits per heavy atom. The summed E-state index contributed by atoms with van der Waals surface area (Å²) in [5, 5.41) is 4.29. The van der Waals surface area contributed by atoms with Gasteiger partial charge in [0.1, 0.15) is 18.0 Å². The fourth-order valence-electron chi connectivity index (χ4n) is 2.86. The maximum atomic E-state index is 13.3. The van der Waals surface area contributed by atoms with E-state index in [2.05, 4.69) is 20.1 Å². The van der Waals surface area contributed by atoms with Crippen molar-refractivity contribution in [3.8, 4) is 11.4 Å². The van der Waals surface area contributed by atoms with Crippen LogP contribution in [0.2, 0.25) is 0 Å². The van der Waals surface area contributed by atoms with Gasteiger partial charge in [0, 0.05) is 12.7 Å². The summed E-state index contributed by atoms with van der Waals surface area (Å²) in [4.78, 5) is 24.1. The van der Waals surface area contributed by atoms with E-state index >= 15 is 0 Å². The molecule has 3 heterocycles. The molecule has 0 aliphatic rings. The van der Waals surface area contributed by atoms with Crippen molar-refractivity contribution in [2.75, 3.05) is 0 Å². The van der Waals surface area contributed by atoms with Crippen molar-refractivity contribution < 1.29 is 4.39 Å². The first-order valence-corrected chi connectivity index (χ1v) is 8.36. The molecule has 0 aliphatic heterocycles. The van der Waals surface area contributed by atoms with E-state index in [-0.39, 0.29) is 11.4 Å². The van der Waals surface area contributed by atoms with Crippen LogP contribution in [0.5, 0.6) is 0 Å². The largest absolute Gasteiger partial charge is 0.332 e. The first kappa shape index (κ1) is 16.2. The van der Waals surface area contributed by atoms with Gasteiger partial charge in [-0.25, -0.2) is 14.4 Å². The van der Waals surface area contributed by atoms with Gasteiger partial charge in [0.15, 0.2) is 11.2 Å². The van der Waals surface area contributed by atoms with Crippen LogP contribution in [0.1, 0.15) is 18.9 Å². The number of rotatable bonds is 5. The lowest BCUT2D eigenvalue weighted by Crippen LogP contribution is -2.20. The summed E-state index contributed by atoms with van der Waals surface area (Å²) in [6.45, 7) is 3.06.